The molecule has 5 nitrogen and oxygen atoms in total. The van der Waals surface area contributed by atoms with Crippen molar-refractivity contribution in [1.29, 1.82) is 0 Å². The van der Waals surface area contributed by atoms with Crippen LogP contribution < -0.4 is 0 Å². The SMILES string of the molecule is O=S(=O)(c1ccccc1)N1CCC2(CC1)CC2CN1CCN(CC2CCCCC2)CC1. The summed E-state index contributed by atoms with van der Waals surface area (Å²) in [5, 5.41) is 0. The molecule has 1 unspecified atom stereocenters. The van der Waals surface area contributed by atoms with Gasteiger partial charge in [0, 0.05) is 52.4 Å². The maximum absolute atomic E-state index is 12.9. The highest BCUT2D eigenvalue weighted by Crippen LogP contribution is 2.59. The molecule has 2 aliphatic carbocycles. The molecule has 5 rings (SSSR count). The third-order valence-electron chi connectivity index (χ3n) is 8.64. The first-order valence-electron chi connectivity index (χ1n) is 12.6. The summed E-state index contributed by atoms with van der Waals surface area (Å²) in [6.45, 7) is 8.82. The number of hydrogen-bond acceptors (Lipinski definition) is 4. The van der Waals surface area contributed by atoms with Gasteiger partial charge in [0.1, 0.15) is 0 Å². The minimum absolute atomic E-state index is 0.419. The zero-order valence-corrected chi connectivity index (χ0v) is 19.7. The van der Waals surface area contributed by atoms with E-state index in [2.05, 4.69) is 9.80 Å². The Kier molecular flexibility index (Phi) is 6.44. The van der Waals surface area contributed by atoms with E-state index in [0.717, 1.165) is 24.7 Å². The van der Waals surface area contributed by atoms with Crippen LogP contribution in [-0.2, 0) is 10.0 Å². The fourth-order valence-corrected chi connectivity index (χ4v) is 7.88. The Bertz CT molecular complexity index is 822. The number of sulfonamides is 1. The second kappa shape index (κ2) is 9.12. The number of hydrogen-bond donors (Lipinski definition) is 0. The van der Waals surface area contributed by atoms with Crippen LogP contribution in [-0.4, -0.2) is 74.9 Å². The van der Waals surface area contributed by atoms with Gasteiger partial charge in [0.2, 0.25) is 10.0 Å². The van der Waals surface area contributed by atoms with E-state index in [1.165, 1.54) is 77.8 Å². The van der Waals surface area contributed by atoms with E-state index >= 15 is 0 Å². The number of piperidine rings is 1. The van der Waals surface area contributed by atoms with E-state index in [1.54, 1.807) is 16.4 Å². The smallest absolute Gasteiger partial charge is 0.243 e. The normalized spacial score (nSPS) is 28.7. The Morgan fingerprint density at radius 3 is 2.06 bits per heavy atom. The van der Waals surface area contributed by atoms with Gasteiger partial charge in [-0.25, -0.2) is 8.42 Å². The summed E-state index contributed by atoms with van der Waals surface area (Å²) < 4.78 is 27.5. The van der Waals surface area contributed by atoms with E-state index < -0.39 is 10.0 Å². The second-order valence-electron chi connectivity index (χ2n) is 10.6. The molecule has 31 heavy (non-hydrogen) atoms. The molecule has 2 saturated heterocycles. The van der Waals surface area contributed by atoms with Gasteiger partial charge in [0.25, 0.3) is 0 Å². The van der Waals surface area contributed by atoms with Crippen LogP contribution in [0.4, 0.5) is 0 Å². The van der Waals surface area contributed by atoms with Crippen LogP contribution in [0.5, 0.6) is 0 Å². The average Bonchev–Trinajstić information content (AvgIpc) is 3.47. The molecule has 0 amide bonds. The van der Waals surface area contributed by atoms with E-state index in [-0.39, 0.29) is 0 Å². The summed E-state index contributed by atoms with van der Waals surface area (Å²) in [7, 11) is -3.33. The van der Waals surface area contributed by atoms with Gasteiger partial charge in [-0.3, -0.25) is 0 Å². The molecule has 0 bridgehead atoms. The van der Waals surface area contributed by atoms with Gasteiger partial charge in [-0.1, -0.05) is 37.5 Å². The second-order valence-corrected chi connectivity index (χ2v) is 12.5. The zero-order valence-electron chi connectivity index (χ0n) is 18.9. The van der Waals surface area contributed by atoms with Crippen molar-refractivity contribution in [3.05, 3.63) is 30.3 Å². The number of piperazine rings is 1. The summed E-state index contributed by atoms with van der Waals surface area (Å²) in [5.41, 5.74) is 0.419. The first-order chi connectivity index (χ1) is 15.1. The van der Waals surface area contributed by atoms with Crippen molar-refractivity contribution in [3.8, 4) is 0 Å². The van der Waals surface area contributed by atoms with Crippen LogP contribution in [0.25, 0.3) is 0 Å². The molecule has 172 valence electrons. The lowest BCUT2D eigenvalue weighted by atomic mass is 9.89. The van der Waals surface area contributed by atoms with Gasteiger partial charge in [0.15, 0.2) is 0 Å². The molecule has 1 spiro atoms. The van der Waals surface area contributed by atoms with Crippen LogP contribution in [0.1, 0.15) is 51.4 Å². The van der Waals surface area contributed by atoms with Crippen LogP contribution in [0.15, 0.2) is 35.2 Å². The number of nitrogens with zero attached hydrogens (tertiary/aromatic N) is 3. The van der Waals surface area contributed by atoms with Crippen molar-refractivity contribution < 1.29 is 8.42 Å². The summed E-state index contributed by atoms with van der Waals surface area (Å²) in [6, 6.07) is 8.92. The van der Waals surface area contributed by atoms with Gasteiger partial charge in [-0.05, 0) is 61.5 Å². The molecule has 1 atom stereocenters. The molecule has 4 aliphatic rings. The maximum Gasteiger partial charge on any atom is 0.243 e. The average molecular weight is 446 g/mol. The summed E-state index contributed by atoms with van der Waals surface area (Å²) in [5.74, 6) is 1.73. The van der Waals surface area contributed by atoms with E-state index in [0.29, 0.717) is 23.4 Å². The topological polar surface area (TPSA) is 43.9 Å². The van der Waals surface area contributed by atoms with Crippen LogP contribution in [0.3, 0.4) is 0 Å². The predicted molar refractivity (Wildman–Crippen MR) is 124 cm³/mol. The molecule has 1 aromatic carbocycles. The minimum Gasteiger partial charge on any atom is -0.301 e. The van der Waals surface area contributed by atoms with E-state index in [9.17, 15) is 8.42 Å². The third-order valence-corrected chi connectivity index (χ3v) is 10.6. The lowest BCUT2D eigenvalue weighted by Gasteiger charge is -2.38. The molecule has 1 aromatic rings. The first kappa shape index (κ1) is 21.9. The highest BCUT2D eigenvalue weighted by molar-refractivity contribution is 7.89. The molecule has 2 aliphatic heterocycles. The molecule has 6 heteroatoms. The highest BCUT2D eigenvalue weighted by Gasteiger charge is 2.55. The van der Waals surface area contributed by atoms with Crippen molar-refractivity contribution in [3.63, 3.8) is 0 Å². The van der Waals surface area contributed by atoms with Crippen molar-refractivity contribution >= 4 is 10.0 Å². The van der Waals surface area contributed by atoms with Crippen LogP contribution in [0.2, 0.25) is 0 Å². The van der Waals surface area contributed by atoms with Crippen molar-refractivity contribution in [1.82, 2.24) is 14.1 Å². The van der Waals surface area contributed by atoms with Crippen molar-refractivity contribution in [2.24, 2.45) is 17.3 Å². The van der Waals surface area contributed by atoms with Crippen LogP contribution in [0, 0.1) is 17.3 Å². The Labute approximate surface area is 188 Å². The fourth-order valence-electron chi connectivity index (χ4n) is 6.42. The summed E-state index contributed by atoms with van der Waals surface area (Å²) in [6.07, 6.45) is 10.6. The molecule has 0 N–H and O–H groups in total. The van der Waals surface area contributed by atoms with Gasteiger partial charge < -0.3 is 9.80 Å². The largest absolute Gasteiger partial charge is 0.301 e. The molecular formula is C25H39N3O2S. The molecule has 2 heterocycles. The molecule has 2 saturated carbocycles. The van der Waals surface area contributed by atoms with Crippen molar-refractivity contribution in [2.45, 2.75) is 56.3 Å². The highest BCUT2D eigenvalue weighted by atomic mass is 32.2. The van der Waals surface area contributed by atoms with E-state index in [1.807, 2.05) is 18.2 Å². The van der Waals surface area contributed by atoms with Gasteiger partial charge in [-0.15, -0.1) is 0 Å². The Balaban J connectivity index is 1.06. The van der Waals surface area contributed by atoms with Gasteiger partial charge in [0.05, 0.1) is 4.90 Å². The number of benzene rings is 1. The quantitative estimate of drug-likeness (QED) is 0.670. The lowest BCUT2D eigenvalue weighted by Crippen LogP contribution is -2.48. The molecular weight excluding hydrogens is 406 g/mol. The summed E-state index contributed by atoms with van der Waals surface area (Å²) >= 11 is 0. The zero-order chi connectivity index (χ0) is 21.3. The predicted octanol–water partition coefficient (Wildman–Crippen LogP) is 3.68. The standard InChI is InChI=1S/C25H39N3O2S/c29-31(30,24-9-5-2-6-10-24)28-13-11-25(12-14-28)19-23(25)21-27-17-15-26(16-18-27)20-22-7-3-1-4-8-22/h2,5-6,9-10,22-23H,1,3-4,7-8,11-21H2. The Morgan fingerprint density at radius 1 is 0.806 bits per heavy atom. The maximum atomic E-state index is 12.9. The van der Waals surface area contributed by atoms with Crippen molar-refractivity contribution in [2.75, 3.05) is 52.4 Å². The molecule has 4 fully saturated rings. The monoisotopic (exact) mass is 445 g/mol. The van der Waals surface area contributed by atoms with Gasteiger partial charge in [-0.2, -0.15) is 4.31 Å². The lowest BCUT2D eigenvalue weighted by molar-refractivity contribution is 0.101. The van der Waals surface area contributed by atoms with Gasteiger partial charge >= 0.3 is 0 Å². The Morgan fingerprint density at radius 2 is 1.42 bits per heavy atom. The van der Waals surface area contributed by atoms with E-state index in [4.69, 9.17) is 0 Å². The fraction of sp³-hybridized carbons (Fsp3) is 0.760. The molecule has 0 radical (unpaired) electrons. The Hall–Kier alpha value is -0.950. The summed E-state index contributed by atoms with van der Waals surface area (Å²) in [4.78, 5) is 5.83. The number of rotatable bonds is 6. The minimum atomic E-state index is -3.33. The first-order valence-corrected chi connectivity index (χ1v) is 14.0. The molecule has 0 aromatic heterocycles. The van der Waals surface area contributed by atoms with Crippen LogP contribution >= 0.6 is 0 Å². The third kappa shape index (κ3) is 4.87.